The summed E-state index contributed by atoms with van der Waals surface area (Å²) in [6.07, 6.45) is -4.88. The lowest BCUT2D eigenvalue weighted by Crippen LogP contribution is -2.49. The topological polar surface area (TPSA) is 64.9 Å². The van der Waals surface area contributed by atoms with Crippen LogP contribution in [-0.2, 0) is 4.79 Å². The second-order valence-electron chi connectivity index (χ2n) is 4.65. The fourth-order valence-corrected chi connectivity index (χ4v) is 2.14. The van der Waals surface area contributed by atoms with Gasteiger partial charge in [-0.1, -0.05) is 0 Å². The van der Waals surface area contributed by atoms with Gasteiger partial charge in [0.25, 0.3) is 0 Å². The van der Waals surface area contributed by atoms with Gasteiger partial charge >= 0.3 is 6.18 Å². The fraction of sp³-hybridized carbons (Fsp3) is 0.385. The van der Waals surface area contributed by atoms with Crippen molar-refractivity contribution in [2.75, 3.05) is 18.4 Å². The molecule has 1 amide bonds. The van der Waals surface area contributed by atoms with E-state index in [0.29, 0.717) is 5.56 Å². The number of rotatable bonds is 2. The number of benzene rings is 1. The summed E-state index contributed by atoms with van der Waals surface area (Å²) < 4.78 is 39.4. The Hall–Kier alpha value is -2.07. The zero-order valence-electron chi connectivity index (χ0n) is 10.4. The van der Waals surface area contributed by atoms with E-state index in [2.05, 4.69) is 10.6 Å². The summed E-state index contributed by atoms with van der Waals surface area (Å²) in [5.74, 6) is -1.07. The molecule has 4 nitrogen and oxygen atoms in total. The Kier molecular flexibility index (Phi) is 3.68. The number of nitriles is 1. The summed E-state index contributed by atoms with van der Waals surface area (Å²) in [5, 5.41) is 13.5. The molecule has 20 heavy (non-hydrogen) atoms. The van der Waals surface area contributed by atoms with Gasteiger partial charge in [-0.15, -0.1) is 0 Å². The van der Waals surface area contributed by atoms with Crippen LogP contribution in [0.1, 0.15) is 12.0 Å². The SMILES string of the molecule is N#Cc1ccc(NC(=O)C2(C(F)(F)F)CCNC2)cc1. The molecule has 0 aliphatic carbocycles. The lowest BCUT2D eigenvalue weighted by molar-refractivity contribution is -0.213. The Bertz CT molecular complexity index is 539. The summed E-state index contributed by atoms with van der Waals surface area (Å²) in [6, 6.07) is 7.57. The third-order valence-electron chi connectivity index (χ3n) is 3.40. The maximum absolute atomic E-state index is 13.1. The highest BCUT2D eigenvalue weighted by atomic mass is 19.4. The summed E-state index contributed by atoms with van der Waals surface area (Å²) >= 11 is 0. The highest BCUT2D eigenvalue weighted by Gasteiger charge is 2.61. The van der Waals surface area contributed by atoms with E-state index in [1.54, 1.807) is 0 Å². The molecule has 7 heteroatoms. The van der Waals surface area contributed by atoms with Gasteiger partial charge < -0.3 is 10.6 Å². The van der Waals surface area contributed by atoms with Crippen LogP contribution in [0.3, 0.4) is 0 Å². The first kappa shape index (κ1) is 14.3. The van der Waals surface area contributed by atoms with Gasteiger partial charge in [0, 0.05) is 12.2 Å². The molecule has 2 N–H and O–H groups in total. The number of halogens is 3. The lowest BCUT2D eigenvalue weighted by atomic mass is 9.85. The molecule has 2 rings (SSSR count). The van der Waals surface area contributed by atoms with E-state index in [-0.39, 0.29) is 18.7 Å². The second-order valence-corrected chi connectivity index (χ2v) is 4.65. The minimum Gasteiger partial charge on any atom is -0.325 e. The van der Waals surface area contributed by atoms with E-state index >= 15 is 0 Å². The van der Waals surface area contributed by atoms with Crippen molar-refractivity contribution < 1.29 is 18.0 Å². The van der Waals surface area contributed by atoms with Crippen molar-refractivity contribution in [1.29, 1.82) is 5.26 Å². The molecule has 0 spiro atoms. The first-order chi connectivity index (χ1) is 9.39. The molecule has 106 valence electrons. The van der Waals surface area contributed by atoms with E-state index in [1.165, 1.54) is 24.3 Å². The van der Waals surface area contributed by atoms with Gasteiger partial charge in [-0.25, -0.2) is 0 Å². The third-order valence-corrected chi connectivity index (χ3v) is 3.40. The number of hydrogen-bond acceptors (Lipinski definition) is 3. The van der Waals surface area contributed by atoms with Crippen LogP contribution in [-0.4, -0.2) is 25.2 Å². The summed E-state index contributed by atoms with van der Waals surface area (Å²) in [6.45, 7) is -0.265. The number of carbonyl (C=O) groups is 1. The van der Waals surface area contributed by atoms with Crippen LogP contribution in [0.2, 0.25) is 0 Å². The smallest absolute Gasteiger partial charge is 0.325 e. The van der Waals surface area contributed by atoms with Gasteiger partial charge in [-0.2, -0.15) is 18.4 Å². The van der Waals surface area contributed by atoms with Crippen LogP contribution in [0, 0.1) is 16.7 Å². The number of hydrogen-bond donors (Lipinski definition) is 2. The summed E-state index contributed by atoms with van der Waals surface area (Å²) in [4.78, 5) is 12.0. The first-order valence-electron chi connectivity index (χ1n) is 5.98. The third kappa shape index (κ3) is 2.47. The number of nitrogens with one attached hydrogen (secondary N) is 2. The minimum absolute atomic E-state index is 0.153. The van der Waals surface area contributed by atoms with Gasteiger partial charge in [-0.05, 0) is 37.2 Å². The van der Waals surface area contributed by atoms with Crippen molar-refractivity contribution in [3.8, 4) is 6.07 Å². The molecule has 0 saturated carbocycles. The number of amides is 1. The average molecular weight is 283 g/mol. The monoisotopic (exact) mass is 283 g/mol. The van der Waals surface area contributed by atoms with Crippen molar-refractivity contribution in [3.63, 3.8) is 0 Å². The minimum atomic E-state index is -4.60. The highest BCUT2D eigenvalue weighted by Crippen LogP contribution is 2.43. The number of nitrogens with zero attached hydrogens (tertiary/aromatic N) is 1. The van der Waals surface area contributed by atoms with E-state index < -0.39 is 24.0 Å². The molecular formula is C13H12F3N3O. The molecule has 1 aliphatic heterocycles. The molecule has 1 saturated heterocycles. The zero-order chi connectivity index (χ0) is 14.8. The van der Waals surface area contributed by atoms with E-state index in [1.807, 2.05) is 6.07 Å². The maximum atomic E-state index is 13.1. The van der Waals surface area contributed by atoms with Gasteiger partial charge in [-0.3, -0.25) is 4.79 Å². The van der Waals surface area contributed by atoms with Crippen molar-refractivity contribution in [1.82, 2.24) is 5.32 Å². The first-order valence-corrected chi connectivity index (χ1v) is 5.98. The second kappa shape index (κ2) is 5.13. The molecule has 1 heterocycles. The standard InChI is InChI=1S/C13H12F3N3O/c14-13(15,16)12(5-6-18-8-12)11(20)19-10-3-1-9(7-17)2-4-10/h1-4,18H,5-6,8H2,(H,19,20). The Morgan fingerprint density at radius 3 is 2.45 bits per heavy atom. The molecule has 0 radical (unpaired) electrons. The van der Waals surface area contributed by atoms with Crippen LogP contribution in [0.25, 0.3) is 0 Å². The van der Waals surface area contributed by atoms with Crippen molar-refractivity contribution in [3.05, 3.63) is 29.8 Å². The van der Waals surface area contributed by atoms with E-state index in [9.17, 15) is 18.0 Å². The largest absolute Gasteiger partial charge is 0.404 e. The Labute approximate surface area is 113 Å². The zero-order valence-corrected chi connectivity index (χ0v) is 10.4. The Morgan fingerprint density at radius 2 is 2.00 bits per heavy atom. The van der Waals surface area contributed by atoms with Crippen LogP contribution < -0.4 is 10.6 Å². The van der Waals surface area contributed by atoms with E-state index in [0.717, 1.165) is 0 Å². The lowest BCUT2D eigenvalue weighted by Gasteiger charge is -2.29. The average Bonchev–Trinajstić information content (AvgIpc) is 2.90. The molecule has 0 aromatic heterocycles. The molecule has 1 unspecified atom stereocenters. The molecule has 0 bridgehead atoms. The van der Waals surface area contributed by atoms with Crippen LogP contribution in [0.4, 0.5) is 18.9 Å². The highest BCUT2D eigenvalue weighted by molar-refractivity contribution is 5.96. The molecule has 1 aliphatic rings. The summed E-state index contributed by atoms with van der Waals surface area (Å²) in [5.41, 5.74) is -1.78. The Morgan fingerprint density at radius 1 is 1.35 bits per heavy atom. The number of carbonyl (C=O) groups excluding carboxylic acids is 1. The van der Waals surface area contributed by atoms with Crippen LogP contribution >= 0.6 is 0 Å². The normalized spacial score (nSPS) is 22.3. The fourth-order valence-electron chi connectivity index (χ4n) is 2.14. The molecule has 1 atom stereocenters. The molecule has 1 fully saturated rings. The van der Waals surface area contributed by atoms with E-state index in [4.69, 9.17) is 5.26 Å². The number of anilines is 1. The Balaban J connectivity index is 2.19. The van der Waals surface area contributed by atoms with Crippen LogP contribution in [0.15, 0.2) is 24.3 Å². The molecular weight excluding hydrogens is 271 g/mol. The van der Waals surface area contributed by atoms with Gasteiger partial charge in [0.05, 0.1) is 11.6 Å². The molecule has 1 aromatic rings. The number of alkyl halides is 3. The predicted molar refractivity (Wildman–Crippen MR) is 65.8 cm³/mol. The summed E-state index contributed by atoms with van der Waals surface area (Å²) in [7, 11) is 0. The predicted octanol–water partition coefficient (Wildman–Crippen LogP) is 2.04. The van der Waals surface area contributed by atoms with Crippen molar-refractivity contribution in [2.45, 2.75) is 12.6 Å². The molecule has 1 aromatic carbocycles. The maximum Gasteiger partial charge on any atom is 0.404 e. The quantitative estimate of drug-likeness (QED) is 0.873. The van der Waals surface area contributed by atoms with Crippen molar-refractivity contribution in [2.24, 2.45) is 5.41 Å². The van der Waals surface area contributed by atoms with Gasteiger partial charge in [0.15, 0.2) is 5.41 Å². The van der Waals surface area contributed by atoms with Gasteiger partial charge in [0.2, 0.25) is 5.91 Å². The van der Waals surface area contributed by atoms with Crippen molar-refractivity contribution >= 4 is 11.6 Å². The van der Waals surface area contributed by atoms with Gasteiger partial charge in [0.1, 0.15) is 0 Å². The van der Waals surface area contributed by atoms with Crippen LogP contribution in [0.5, 0.6) is 0 Å².